The summed E-state index contributed by atoms with van der Waals surface area (Å²) in [5.41, 5.74) is 9.93. The van der Waals surface area contributed by atoms with Crippen LogP contribution in [0.25, 0.3) is 11.1 Å². The van der Waals surface area contributed by atoms with E-state index in [1.807, 2.05) is 13.8 Å². The number of ether oxygens (including phenoxy) is 1. The lowest BCUT2D eigenvalue weighted by Gasteiger charge is -2.15. The summed E-state index contributed by atoms with van der Waals surface area (Å²) in [6, 6.07) is 2.09. The van der Waals surface area contributed by atoms with Gasteiger partial charge in [-0.3, -0.25) is 5.10 Å². The lowest BCUT2D eigenvalue weighted by Crippen LogP contribution is -1.96. The maximum Gasteiger partial charge on any atom is 0.141 e. The minimum atomic E-state index is 0.544. The number of H-pyrrole nitrogens is 1. The highest BCUT2D eigenvalue weighted by Gasteiger charge is 2.17. The number of anilines is 1. The van der Waals surface area contributed by atoms with E-state index in [4.69, 9.17) is 10.5 Å². The molecule has 0 fully saturated rings. The molecule has 17 heavy (non-hydrogen) atoms. The summed E-state index contributed by atoms with van der Waals surface area (Å²) >= 11 is 3.54. The van der Waals surface area contributed by atoms with Gasteiger partial charge in [0.15, 0.2) is 0 Å². The lowest BCUT2D eigenvalue weighted by atomic mass is 9.99. The van der Waals surface area contributed by atoms with Gasteiger partial charge in [-0.15, -0.1) is 0 Å². The van der Waals surface area contributed by atoms with Gasteiger partial charge in [-0.1, -0.05) is 6.07 Å². The molecule has 0 amide bonds. The maximum absolute atomic E-state index is 5.86. The second-order valence-corrected chi connectivity index (χ2v) is 4.72. The Morgan fingerprint density at radius 2 is 2.06 bits per heavy atom. The number of hydrogen-bond donors (Lipinski definition) is 2. The van der Waals surface area contributed by atoms with Crippen LogP contribution < -0.4 is 10.5 Å². The second kappa shape index (κ2) is 4.41. The Kier molecular flexibility index (Phi) is 3.11. The molecule has 5 heteroatoms. The van der Waals surface area contributed by atoms with E-state index in [0.717, 1.165) is 32.5 Å². The topological polar surface area (TPSA) is 63.9 Å². The van der Waals surface area contributed by atoms with Crippen LogP contribution in [0.4, 0.5) is 5.82 Å². The van der Waals surface area contributed by atoms with Crippen molar-refractivity contribution in [2.24, 2.45) is 0 Å². The highest BCUT2D eigenvalue weighted by molar-refractivity contribution is 9.10. The Morgan fingerprint density at radius 1 is 1.35 bits per heavy atom. The van der Waals surface area contributed by atoms with Crippen LogP contribution in [0.3, 0.4) is 0 Å². The van der Waals surface area contributed by atoms with Crippen LogP contribution in [-0.4, -0.2) is 17.3 Å². The van der Waals surface area contributed by atoms with E-state index < -0.39 is 0 Å². The van der Waals surface area contributed by atoms with E-state index in [0.29, 0.717) is 5.82 Å². The van der Waals surface area contributed by atoms with Gasteiger partial charge in [0.1, 0.15) is 11.6 Å². The first-order chi connectivity index (χ1) is 8.06. The maximum atomic E-state index is 5.86. The molecule has 0 radical (unpaired) electrons. The Bertz CT molecular complexity index is 563. The van der Waals surface area contributed by atoms with E-state index in [1.165, 1.54) is 0 Å². The molecule has 0 saturated heterocycles. The van der Waals surface area contributed by atoms with Crippen LogP contribution >= 0.6 is 15.9 Å². The molecule has 90 valence electrons. The van der Waals surface area contributed by atoms with Crippen LogP contribution in [0.15, 0.2) is 16.7 Å². The van der Waals surface area contributed by atoms with Gasteiger partial charge in [0.25, 0.3) is 0 Å². The minimum Gasteiger partial charge on any atom is -0.495 e. The minimum absolute atomic E-state index is 0.544. The van der Waals surface area contributed by atoms with Gasteiger partial charge in [-0.25, -0.2) is 0 Å². The fourth-order valence-electron chi connectivity index (χ4n) is 1.95. The summed E-state index contributed by atoms with van der Waals surface area (Å²) < 4.78 is 6.42. The van der Waals surface area contributed by atoms with Crippen LogP contribution in [0.5, 0.6) is 5.75 Å². The number of aryl methyl sites for hydroxylation is 2. The van der Waals surface area contributed by atoms with Crippen molar-refractivity contribution in [2.75, 3.05) is 12.8 Å². The summed E-state index contributed by atoms with van der Waals surface area (Å²) in [6.45, 7) is 4.06. The molecule has 0 aliphatic carbocycles. The molecule has 2 aromatic rings. The number of methoxy groups -OCH3 is 1. The van der Waals surface area contributed by atoms with Crippen molar-refractivity contribution in [3.05, 3.63) is 27.9 Å². The van der Waals surface area contributed by atoms with Crippen molar-refractivity contribution < 1.29 is 4.74 Å². The standard InChI is InChI=1S/C12H14BrN3O/c1-6-4-7(2)10(13)11(17-3)9(6)8-5-15-16-12(8)14/h4-5H,1-3H3,(H3,14,15,16). The summed E-state index contributed by atoms with van der Waals surface area (Å²) in [5.74, 6) is 1.33. The quantitative estimate of drug-likeness (QED) is 0.895. The predicted octanol–water partition coefficient (Wildman–Crippen LogP) is 3.05. The number of benzene rings is 1. The molecule has 0 aliphatic rings. The Balaban J connectivity index is 2.77. The highest BCUT2D eigenvalue weighted by Crippen LogP contribution is 2.42. The van der Waals surface area contributed by atoms with Crippen molar-refractivity contribution >= 4 is 21.7 Å². The molecule has 0 saturated carbocycles. The van der Waals surface area contributed by atoms with E-state index >= 15 is 0 Å². The third kappa shape index (κ3) is 1.91. The monoisotopic (exact) mass is 295 g/mol. The average molecular weight is 296 g/mol. The number of aromatic nitrogens is 2. The van der Waals surface area contributed by atoms with Gasteiger partial charge in [0.2, 0.25) is 0 Å². The van der Waals surface area contributed by atoms with E-state index in [2.05, 4.69) is 32.2 Å². The Morgan fingerprint density at radius 3 is 2.59 bits per heavy atom. The predicted molar refractivity (Wildman–Crippen MR) is 72.2 cm³/mol. The zero-order chi connectivity index (χ0) is 12.6. The average Bonchev–Trinajstić information content (AvgIpc) is 2.69. The molecule has 3 N–H and O–H groups in total. The molecule has 0 bridgehead atoms. The number of aromatic amines is 1. The van der Waals surface area contributed by atoms with Crippen molar-refractivity contribution in [1.29, 1.82) is 0 Å². The highest BCUT2D eigenvalue weighted by atomic mass is 79.9. The van der Waals surface area contributed by atoms with Gasteiger partial charge in [-0.2, -0.15) is 5.10 Å². The number of halogens is 1. The number of nitrogen functional groups attached to an aromatic ring is 1. The van der Waals surface area contributed by atoms with Crippen LogP contribution in [0.1, 0.15) is 11.1 Å². The first-order valence-electron chi connectivity index (χ1n) is 5.19. The van der Waals surface area contributed by atoms with E-state index in [-0.39, 0.29) is 0 Å². The fourth-order valence-corrected chi connectivity index (χ4v) is 2.42. The molecular weight excluding hydrogens is 282 g/mol. The molecule has 0 unspecified atom stereocenters. The molecule has 1 heterocycles. The summed E-state index contributed by atoms with van der Waals surface area (Å²) in [6.07, 6.45) is 1.71. The number of nitrogens with one attached hydrogen (secondary N) is 1. The number of rotatable bonds is 2. The van der Waals surface area contributed by atoms with Crippen molar-refractivity contribution in [1.82, 2.24) is 10.2 Å². The Labute approximate surface area is 108 Å². The lowest BCUT2D eigenvalue weighted by molar-refractivity contribution is 0.413. The molecule has 1 aromatic carbocycles. The SMILES string of the molecule is COc1c(Br)c(C)cc(C)c1-c1cn[nH]c1N. The molecule has 0 aliphatic heterocycles. The van der Waals surface area contributed by atoms with Crippen LogP contribution in [0, 0.1) is 13.8 Å². The van der Waals surface area contributed by atoms with E-state index in [1.54, 1.807) is 13.3 Å². The Hall–Kier alpha value is -1.49. The fraction of sp³-hybridized carbons (Fsp3) is 0.250. The first-order valence-corrected chi connectivity index (χ1v) is 5.98. The molecule has 0 spiro atoms. The van der Waals surface area contributed by atoms with Crippen molar-refractivity contribution in [3.8, 4) is 16.9 Å². The number of nitrogens with two attached hydrogens (primary N) is 1. The van der Waals surface area contributed by atoms with Gasteiger partial charge in [0.05, 0.1) is 17.8 Å². The van der Waals surface area contributed by atoms with Gasteiger partial charge in [-0.05, 0) is 40.9 Å². The zero-order valence-electron chi connectivity index (χ0n) is 9.97. The largest absolute Gasteiger partial charge is 0.495 e. The molecule has 0 atom stereocenters. The van der Waals surface area contributed by atoms with Gasteiger partial charge >= 0.3 is 0 Å². The second-order valence-electron chi connectivity index (χ2n) is 3.93. The van der Waals surface area contributed by atoms with Gasteiger partial charge in [0, 0.05) is 11.1 Å². The number of hydrogen-bond acceptors (Lipinski definition) is 3. The number of nitrogens with zero attached hydrogens (tertiary/aromatic N) is 1. The molecule has 4 nitrogen and oxygen atoms in total. The molecule has 1 aromatic heterocycles. The van der Waals surface area contributed by atoms with E-state index in [9.17, 15) is 0 Å². The van der Waals surface area contributed by atoms with Crippen LogP contribution in [0.2, 0.25) is 0 Å². The normalized spacial score (nSPS) is 10.6. The van der Waals surface area contributed by atoms with Gasteiger partial charge < -0.3 is 10.5 Å². The summed E-state index contributed by atoms with van der Waals surface area (Å²) in [4.78, 5) is 0. The molecular formula is C12H14BrN3O. The zero-order valence-corrected chi connectivity index (χ0v) is 11.6. The molecule has 2 rings (SSSR count). The third-order valence-electron chi connectivity index (χ3n) is 2.74. The first kappa shape index (κ1) is 12.0. The summed E-state index contributed by atoms with van der Waals surface area (Å²) in [7, 11) is 1.65. The third-order valence-corrected chi connectivity index (χ3v) is 3.73. The van der Waals surface area contributed by atoms with Crippen molar-refractivity contribution in [3.63, 3.8) is 0 Å². The van der Waals surface area contributed by atoms with Crippen molar-refractivity contribution in [2.45, 2.75) is 13.8 Å². The van der Waals surface area contributed by atoms with Crippen LogP contribution in [-0.2, 0) is 0 Å². The smallest absolute Gasteiger partial charge is 0.141 e. The summed E-state index contributed by atoms with van der Waals surface area (Å²) in [5, 5.41) is 6.68.